The SMILES string of the molecule is Cc1c(CSc2ccc(Br)cc2N)cccc1[N+](=O)[O-]. The lowest BCUT2D eigenvalue weighted by molar-refractivity contribution is -0.385. The number of halogens is 1. The third-order valence-corrected chi connectivity index (χ3v) is 4.60. The number of hydrogen-bond donors (Lipinski definition) is 1. The van der Waals surface area contributed by atoms with Crippen LogP contribution in [0.2, 0.25) is 0 Å². The maximum Gasteiger partial charge on any atom is 0.272 e. The molecule has 0 saturated carbocycles. The minimum Gasteiger partial charge on any atom is -0.398 e. The monoisotopic (exact) mass is 352 g/mol. The van der Waals surface area contributed by atoms with E-state index in [2.05, 4.69) is 15.9 Å². The van der Waals surface area contributed by atoms with Gasteiger partial charge in [-0.15, -0.1) is 11.8 Å². The van der Waals surface area contributed by atoms with E-state index in [1.165, 1.54) is 6.07 Å². The third-order valence-electron chi connectivity index (χ3n) is 2.97. The summed E-state index contributed by atoms with van der Waals surface area (Å²) in [4.78, 5) is 11.5. The molecule has 2 aromatic carbocycles. The summed E-state index contributed by atoms with van der Waals surface area (Å²) >= 11 is 4.94. The molecule has 0 spiro atoms. The van der Waals surface area contributed by atoms with Gasteiger partial charge in [-0.05, 0) is 30.7 Å². The van der Waals surface area contributed by atoms with Gasteiger partial charge >= 0.3 is 0 Å². The van der Waals surface area contributed by atoms with E-state index in [1.54, 1.807) is 24.8 Å². The number of hydrogen-bond acceptors (Lipinski definition) is 4. The number of thioether (sulfide) groups is 1. The summed E-state index contributed by atoms with van der Waals surface area (Å²) < 4.78 is 0.936. The minimum absolute atomic E-state index is 0.159. The van der Waals surface area contributed by atoms with Crippen molar-refractivity contribution in [3.8, 4) is 0 Å². The van der Waals surface area contributed by atoms with Crippen molar-refractivity contribution in [1.82, 2.24) is 0 Å². The average Bonchev–Trinajstić information content (AvgIpc) is 2.39. The van der Waals surface area contributed by atoms with Crippen LogP contribution in [0.25, 0.3) is 0 Å². The molecule has 20 heavy (non-hydrogen) atoms. The van der Waals surface area contributed by atoms with Crippen molar-refractivity contribution in [2.45, 2.75) is 17.6 Å². The zero-order valence-corrected chi connectivity index (χ0v) is 13.2. The maximum atomic E-state index is 10.9. The molecule has 2 rings (SSSR count). The zero-order chi connectivity index (χ0) is 14.7. The second kappa shape index (κ2) is 6.28. The van der Waals surface area contributed by atoms with Crippen molar-refractivity contribution < 1.29 is 4.92 Å². The van der Waals surface area contributed by atoms with Crippen molar-refractivity contribution in [3.05, 3.63) is 62.1 Å². The lowest BCUT2D eigenvalue weighted by atomic mass is 10.1. The zero-order valence-electron chi connectivity index (χ0n) is 10.8. The highest BCUT2D eigenvalue weighted by Gasteiger charge is 2.13. The van der Waals surface area contributed by atoms with Crippen LogP contribution >= 0.6 is 27.7 Å². The van der Waals surface area contributed by atoms with E-state index in [-0.39, 0.29) is 10.6 Å². The molecule has 0 aliphatic rings. The van der Waals surface area contributed by atoms with Crippen LogP contribution in [0.1, 0.15) is 11.1 Å². The van der Waals surface area contributed by atoms with Crippen LogP contribution in [0.5, 0.6) is 0 Å². The van der Waals surface area contributed by atoms with E-state index in [1.807, 2.05) is 24.3 Å². The predicted octanol–water partition coefficient (Wildman–Crippen LogP) is 4.54. The standard InChI is InChI=1S/C14H13BrN2O2S/c1-9-10(3-2-4-13(9)17(18)19)8-20-14-6-5-11(15)7-12(14)16/h2-7H,8,16H2,1H3. The van der Waals surface area contributed by atoms with Gasteiger partial charge in [-0.2, -0.15) is 0 Å². The third kappa shape index (κ3) is 3.32. The molecule has 6 heteroatoms. The molecule has 4 nitrogen and oxygen atoms in total. The number of anilines is 1. The summed E-state index contributed by atoms with van der Waals surface area (Å²) in [7, 11) is 0. The fourth-order valence-corrected chi connectivity index (χ4v) is 3.22. The Morgan fingerprint density at radius 3 is 2.75 bits per heavy atom. The summed E-state index contributed by atoms with van der Waals surface area (Å²) in [6.45, 7) is 1.78. The smallest absolute Gasteiger partial charge is 0.272 e. The molecule has 0 bridgehead atoms. The van der Waals surface area contributed by atoms with Gasteiger partial charge in [0.15, 0.2) is 0 Å². The van der Waals surface area contributed by atoms with Crippen LogP contribution in [0, 0.1) is 17.0 Å². The van der Waals surface area contributed by atoms with E-state index in [0.717, 1.165) is 14.9 Å². The minimum atomic E-state index is -0.350. The quantitative estimate of drug-likeness (QED) is 0.379. The average molecular weight is 353 g/mol. The van der Waals surface area contributed by atoms with Crippen molar-refractivity contribution in [2.24, 2.45) is 0 Å². The molecule has 0 saturated heterocycles. The lowest BCUT2D eigenvalue weighted by Crippen LogP contribution is -1.95. The molecule has 0 aromatic heterocycles. The van der Waals surface area contributed by atoms with E-state index in [0.29, 0.717) is 17.0 Å². The predicted molar refractivity (Wildman–Crippen MR) is 85.9 cm³/mol. The number of rotatable bonds is 4. The van der Waals surface area contributed by atoms with Gasteiger partial charge in [0.1, 0.15) is 0 Å². The van der Waals surface area contributed by atoms with Crippen LogP contribution < -0.4 is 5.73 Å². The van der Waals surface area contributed by atoms with E-state index in [9.17, 15) is 10.1 Å². The molecule has 0 atom stereocenters. The first-order chi connectivity index (χ1) is 9.49. The summed E-state index contributed by atoms with van der Waals surface area (Å²) in [6, 6.07) is 10.9. The van der Waals surface area contributed by atoms with Crippen molar-refractivity contribution in [3.63, 3.8) is 0 Å². The number of nitrogen functional groups attached to an aromatic ring is 1. The molecule has 0 radical (unpaired) electrons. The van der Waals surface area contributed by atoms with Crippen LogP contribution in [0.4, 0.5) is 11.4 Å². The van der Waals surface area contributed by atoms with Crippen LogP contribution in [-0.2, 0) is 5.75 Å². The molecule has 2 aromatic rings. The van der Waals surface area contributed by atoms with Gasteiger partial charge in [0, 0.05) is 32.4 Å². The first kappa shape index (κ1) is 14.9. The first-order valence-corrected chi connectivity index (χ1v) is 7.67. The van der Waals surface area contributed by atoms with Crippen LogP contribution in [0.3, 0.4) is 0 Å². The molecule has 0 fully saturated rings. The summed E-state index contributed by atoms with van der Waals surface area (Å²) in [6.07, 6.45) is 0. The topological polar surface area (TPSA) is 69.2 Å². The van der Waals surface area contributed by atoms with Crippen molar-refractivity contribution in [1.29, 1.82) is 0 Å². The fourth-order valence-electron chi connectivity index (χ4n) is 1.83. The Kier molecular flexibility index (Phi) is 4.67. The summed E-state index contributed by atoms with van der Waals surface area (Å²) in [5.41, 5.74) is 8.46. The normalized spacial score (nSPS) is 10.5. The van der Waals surface area contributed by atoms with Gasteiger partial charge in [0.05, 0.1) is 4.92 Å². The van der Waals surface area contributed by atoms with Crippen LogP contribution in [-0.4, -0.2) is 4.92 Å². The van der Waals surface area contributed by atoms with Gasteiger partial charge in [-0.3, -0.25) is 10.1 Å². The molecule has 0 aliphatic heterocycles. The fraction of sp³-hybridized carbons (Fsp3) is 0.143. The number of benzene rings is 2. The van der Waals surface area contributed by atoms with Crippen molar-refractivity contribution >= 4 is 39.1 Å². The van der Waals surface area contributed by atoms with Gasteiger partial charge in [-0.1, -0.05) is 28.1 Å². The van der Waals surface area contributed by atoms with Gasteiger partial charge in [0.2, 0.25) is 0 Å². The molecule has 104 valence electrons. The second-order valence-electron chi connectivity index (χ2n) is 4.29. The first-order valence-electron chi connectivity index (χ1n) is 5.89. The number of nitrogens with zero attached hydrogens (tertiary/aromatic N) is 1. The van der Waals surface area contributed by atoms with Crippen molar-refractivity contribution in [2.75, 3.05) is 5.73 Å². The number of nitro groups is 1. The van der Waals surface area contributed by atoms with Gasteiger partial charge in [0.25, 0.3) is 5.69 Å². The van der Waals surface area contributed by atoms with E-state index >= 15 is 0 Å². The summed E-state index contributed by atoms with van der Waals surface area (Å²) in [5, 5.41) is 10.9. The molecule has 2 N–H and O–H groups in total. The lowest BCUT2D eigenvalue weighted by Gasteiger charge is -2.08. The van der Waals surface area contributed by atoms with E-state index < -0.39 is 0 Å². The highest BCUT2D eigenvalue weighted by molar-refractivity contribution is 9.10. The summed E-state index contributed by atoms with van der Waals surface area (Å²) in [5.74, 6) is 0.652. The second-order valence-corrected chi connectivity index (χ2v) is 6.22. The Morgan fingerprint density at radius 2 is 2.10 bits per heavy atom. The molecule has 0 unspecified atom stereocenters. The Morgan fingerprint density at radius 1 is 1.35 bits per heavy atom. The van der Waals surface area contributed by atoms with Crippen LogP contribution in [0.15, 0.2) is 45.8 Å². The Balaban J connectivity index is 2.19. The Bertz CT molecular complexity index is 662. The molecule has 0 aliphatic carbocycles. The highest BCUT2D eigenvalue weighted by Crippen LogP contribution is 2.32. The Labute approximate surface area is 129 Å². The number of nitro benzene ring substituents is 1. The van der Waals surface area contributed by atoms with Gasteiger partial charge < -0.3 is 5.73 Å². The molecule has 0 amide bonds. The molecular weight excluding hydrogens is 340 g/mol. The maximum absolute atomic E-state index is 10.9. The van der Waals surface area contributed by atoms with E-state index in [4.69, 9.17) is 5.73 Å². The Hall–Kier alpha value is -1.53. The highest BCUT2D eigenvalue weighted by atomic mass is 79.9. The van der Waals surface area contributed by atoms with Gasteiger partial charge in [-0.25, -0.2) is 0 Å². The largest absolute Gasteiger partial charge is 0.398 e. The number of nitrogens with two attached hydrogens (primary N) is 1. The molecular formula is C14H13BrN2O2S. The molecule has 0 heterocycles.